The number of carbonyl (C=O) groups is 1. The van der Waals surface area contributed by atoms with Gasteiger partial charge < -0.3 is 9.42 Å². The van der Waals surface area contributed by atoms with E-state index in [1.807, 2.05) is 12.1 Å². The van der Waals surface area contributed by atoms with Gasteiger partial charge in [-0.1, -0.05) is 11.2 Å². The molecule has 0 aliphatic rings. The number of hydrogen-bond acceptors (Lipinski definition) is 4. The van der Waals surface area contributed by atoms with Crippen molar-refractivity contribution in [2.24, 2.45) is 0 Å². The van der Waals surface area contributed by atoms with Gasteiger partial charge in [0.05, 0.1) is 5.69 Å². The van der Waals surface area contributed by atoms with Crippen LogP contribution in [0.15, 0.2) is 35.1 Å². The third kappa shape index (κ3) is 2.69. The van der Waals surface area contributed by atoms with Crippen molar-refractivity contribution < 1.29 is 9.32 Å². The summed E-state index contributed by atoms with van der Waals surface area (Å²) >= 11 is 0. The van der Waals surface area contributed by atoms with E-state index < -0.39 is 0 Å². The first-order valence-electron chi connectivity index (χ1n) is 5.24. The van der Waals surface area contributed by atoms with Crippen LogP contribution in [-0.4, -0.2) is 28.0 Å². The fraction of sp³-hybridized carbons (Fsp3) is 0.250. The molecular weight excluding hydrogens is 218 g/mol. The van der Waals surface area contributed by atoms with Crippen molar-refractivity contribution in [1.82, 2.24) is 15.0 Å². The average molecular weight is 231 g/mol. The summed E-state index contributed by atoms with van der Waals surface area (Å²) in [5, 5.41) is 3.69. The van der Waals surface area contributed by atoms with Crippen LogP contribution < -0.4 is 0 Å². The van der Waals surface area contributed by atoms with Crippen LogP contribution in [0.4, 0.5) is 0 Å². The Hall–Kier alpha value is -2.17. The van der Waals surface area contributed by atoms with Gasteiger partial charge in [0, 0.05) is 32.1 Å². The molecule has 0 atom stereocenters. The van der Waals surface area contributed by atoms with E-state index in [2.05, 4.69) is 10.1 Å². The minimum atomic E-state index is -0.186. The molecule has 2 aromatic heterocycles. The molecule has 2 aromatic rings. The molecule has 0 spiro atoms. The Morgan fingerprint density at radius 3 is 2.94 bits per heavy atom. The number of nitrogens with zero attached hydrogens (tertiary/aromatic N) is 3. The molecule has 0 N–H and O–H groups in total. The summed E-state index contributed by atoms with van der Waals surface area (Å²) in [5.41, 5.74) is 1.67. The quantitative estimate of drug-likeness (QED) is 0.805. The summed E-state index contributed by atoms with van der Waals surface area (Å²) in [6.45, 7) is 2.27. The van der Waals surface area contributed by atoms with Gasteiger partial charge >= 0.3 is 0 Å². The summed E-state index contributed by atoms with van der Waals surface area (Å²) < 4.78 is 4.93. The largest absolute Gasteiger partial charge is 0.351 e. The summed E-state index contributed by atoms with van der Waals surface area (Å²) in [4.78, 5) is 17.5. The maximum Gasteiger partial charge on any atom is 0.292 e. The second-order valence-corrected chi connectivity index (χ2v) is 3.86. The number of rotatable bonds is 3. The van der Waals surface area contributed by atoms with Gasteiger partial charge in [-0.25, -0.2) is 0 Å². The van der Waals surface area contributed by atoms with Gasteiger partial charge in [0.25, 0.3) is 5.91 Å². The monoisotopic (exact) mass is 231 g/mol. The van der Waals surface area contributed by atoms with Crippen LogP contribution >= 0.6 is 0 Å². The Balaban J connectivity index is 2.06. The van der Waals surface area contributed by atoms with Crippen molar-refractivity contribution in [1.29, 1.82) is 0 Å². The molecule has 0 saturated heterocycles. The summed E-state index contributed by atoms with van der Waals surface area (Å²) in [7, 11) is 1.72. The smallest absolute Gasteiger partial charge is 0.292 e. The normalized spacial score (nSPS) is 10.2. The SMILES string of the molecule is Cc1cc(C(=O)N(C)Cc2cccnc2)on1. The van der Waals surface area contributed by atoms with Crippen molar-refractivity contribution in [3.63, 3.8) is 0 Å². The van der Waals surface area contributed by atoms with Crippen molar-refractivity contribution in [3.8, 4) is 0 Å². The van der Waals surface area contributed by atoms with E-state index in [4.69, 9.17) is 4.52 Å². The molecule has 1 amide bonds. The van der Waals surface area contributed by atoms with Crippen LogP contribution in [0, 0.1) is 6.92 Å². The molecule has 2 rings (SSSR count). The average Bonchev–Trinajstić information content (AvgIpc) is 2.76. The minimum absolute atomic E-state index is 0.186. The van der Waals surface area contributed by atoms with Gasteiger partial charge in [0.15, 0.2) is 0 Å². The van der Waals surface area contributed by atoms with Crippen LogP contribution in [0.1, 0.15) is 21.8 Å². The van der Waals surface area contributed by atoms with E-state index in [0.717, 1.165) is 5.56 Å². The highest BCUT2D eigenvalue weighted by Crippen LogP contribution is 2.08. The Morgan fingerprint density at radius 2 is 2.35 bits per heavy atom. The van der Waals surface area contributed by atoms with Gasteiger partial charge in [-0.3, -0.25) is 9.78 Å². The number of carbonyl (C=O) groups excluding carboxylic acids is 1. The Bertz CT molecular complexity index is 507. The highest BCUT2D eigenvalue weighted by atomic mass is 16.5. The molecule has 5 nitrogen and oxygen atoms in total. The van der Waals surface area contributed by atoms with Crippen LogP contribution in [-0.2, 0) is 6.54 Å². The molecule has 0 bridgehead atoms. The number of hydrogen-bond donors (Lipinski definition) is 0. The van der Waals surface area contributed by atoms with Gasteiger partial charge in [0.2, 0.25) is 5.76 Å². The zero-order valence-electron chi connectivity index (χ0n) is 9.75. The van der Waals surface area contributed by atoms with E-state index in [0.29, 0.717) is 12.2 Å². The molecule has 0 aliphatic carbocycles. The van der Waals surface area contributed by atoms with Crippen LogP contribution in [0.5, 0.6) is 0 Å². The predicted molar refractivity (Wildman–Crippen MR) is 61.3 cm³/mol. The van der Waals surface area contributed by atoms with Gasteiger partial charge in [-0.05, 0) is 18.6 Å². The van der Waals surface area contributed by atoms with Crippen molar-refractivity contribution >= 4 is 5.91 Å². The van der Waals surface area contributed by atoms with E-state index in [1.165, 1.54) is 0 Å². The first-order valence-corrected chi connectivity index (χ1v) is 5.24. The van der Waals surface area contributed by atoms with Gasteiger partial charge in [-0.2, -0.15) is 0 Å². The van der Waals surface area contributed by atoms with E-state index >= 15 is 0 Å². The maximum atomic E-state index is 11.9. The lowest BCUT2D eigenvalue weighted by Gasteiger charge is -2.14. The fourth-order valence-corrected chi connectivity index (χ4v) is 1.49. The molecule has 88 valence electrons. The molecule has 0 aliphatic heterocycles. The summed E-state index contributed by atoms with van der Waals surface area (Å²) in [6.07, 6.45) is 3.43. The Labute approximate surface area is 99.1 Å². The second kappa shape index (κ2) is 4.78. The maximum absolute atomic E-state index is 11.9. The predicted octanol–water partition coefficient (Wildman–Crippen LogP) is 1.65. The van der Waals surface area contributed by atoms with E-state index in [-0.39, 0.29) is 11.7 Å². The van der Waals surface area contributed by atoms with Crippen molar-refractivity contribution in [2.45, 2.75) is 13.5 Å². The fourth-order valence-electron chi connectivity index (χ4n) is 1.49. The first-order chi connectivity index (χ1) is 8.16. The molecule has 0 fully saturated rings. The highest BCUT2D eigenvalue weighted by Gasteiger charge is 2.16. The van der Waals surface area contributed by atoms with Crippen molar-refractivity contribution in [2.75, 3.05) is 7.05 Å². The molecular formula is C12H13N3O2. The van der Waals surface area contributed by atoms with Crippen LogP contribution in [0.3, 0.4) is 0 Å². The van der Waals surface area contributed by atoms with Crippen molar-refractivity contribution in [3.05, 3.63) is 47.6 Å². The third-order valence-electron chi connectivity index (χ3n) is 2.33. The Morgan fingerprint density at radius 1 is 1.53 bits per heavy atom. The van der Waals surface area contributed by atoms with E-state index in [1.54, 1.807) is 37.3 Å². The molecule has 0 saturated carbocycles. The van der Waals surface area contributed by atoms with Crippen LogP contribution in [0.2, 0.25) is 0 Å². The Kier molecular flexibility index (Phi) is 3.18. The van der Waals surface area contributed by atoms with E-state index in [9.17, 15) is 4.79 Å². The molecule has 0 aromatic carbocycles. The van der Waals surface area contributed by atoms with Crippen LogP contribution in [0.25, 0.3) is 0 Å². The highest BCUT2D eigenvalue weighted by molar-refractivity contribution is 5.91. The lowest BCUT2D eigenvalue weighted by Crippen LogP contribution is -2.25. The van der Waals surface area contributed by atoms with Gasteiger partial charge in [0.1, 0.15) is 0 Å². The third-order valence-corrected chi connectivity index (χ3v) is 2.33. The second-order valence-electron chi connectivity index (χ2n) is 3.86. The number of amides is 1. The molecule has 5 heteroatoms. The zero-order valence-corrected chi connectivity index (χ0v) is 9.75. The lowest BCUT2D eigenvalue weighted by atomic mass is 10.2. The standard InChI is InChI=1S/C12H13N3O2/c1-9-6-11(17-14-9)12(16)15(2)8-10-4-3-5-13-7-10/h3-7H,8H2,1-2H3. The number of aromatic nitrogens is 2. The number of pyridine rings is 1. The minimum Gasteiger partial charge on any atom is -0.351 e. The molecule has 0 radical (unpaired) electrons. The number of aryl methyl sites for hydroxylation is 1. The summed E-state index contributed by atoms with van der Waals surface area (Å²) in [5.74, 6) is 0.0725. The first kappa shape index (κ1) is 11.3. The topological polar surface area (TPSA) is 59.2 Å². The molecule has 17 heavy (non-hydrogen) atoms. The zero-order chi connectivity index (χ0) is 12.3. The molecule has 2 heterocycles. The summed E-state index contributed by atoms with van der Waals surface area (Å²) in [6, 6.07) is 5.39. The lowest BCUT2D eigenvalue weighted by molar-refractivity contribution is 0.0743. The van der Waals surface area contributed by atoms with Gasteiger partial charge in [-0.15, -0.1) is 0 Å². The molecule has 0 unspecified atom stereocenters.